The molecule has 0 unspecified atom stereocenters. The van der Waals surface area contributed by atoms with Crippen LogP contribution in [0.2, 0.25) is 0 Å². The molecular weight excluding hydrogens is 383 g/mol. The average molecular weight is 415 g/mol. The normalized spacial score (nSPS) is 11.3. The number of rotatable bonds is 6. The molecule has 30 heavy (non-hydrogen) atoms. The van der Waals surface area contributed by atoms with Crippen molar-refractivity contribution in [1.29, 1.82) is 0 Å². The summed E-state index contributed by atoms with van der Waals surface area (Å²) >= 11 is 0. The lowest BCUT2D eigenvalue weighted by Gasteiger charge is -2.29. The first-order valence-corrected chi connectivity index (χ1v) is 10.3. The molecule has 0 fully saturated rings. The summed E-state index contributed by atoms with van der Waals surface area (Å²) in [6, 6.07) is 6.04. The highest BCUT2D eigenvalue weighted by atomic mass is 19.1. The molecule has 0 radical (unpaired) electrons. The zero-order valence-electron chi connectivity index (χ0n) is 19.1. The van der Waals surface area contributed by atoms with E-state index in [1.165, 1.54) is 26.0 Å². The van der Waals surface area contributed by atoms with Crippen LogP contribution in [0, 0.1) is 5.82 Å². The number of ether oxygens (including phenoxy) is 2. The van der Waals surface area contributed by atoms with E-state index in [-0.39, 0.29) is 23.6 Å². The van der Waals surface area contributed by atoms with Gasteiger partial charge in [-0.3, -0.25) is 9.59 Å². The van der Waals surface area contributed by atoms with Gasteiger partial charge in [-0.1, -0.05) is 53.7 Å². The Morgan fingerprint density at radius 3 is 1.50 bits per heavy atom. The first kappa shape index (κ1) is 23.6. The molecule has 2 rings (SSSR count). The van der Waals surface area contributed by atoms with Crippen LogP contribution in [-0.2, 0) is 9.59 Å². The number of halogens is 1. The van der Waals surface area contributed by atoms with E-state index < -0.39 is 11.9 Å². The maximum absolute atomic E-state index is 13.6. The Morgan fingerprint density at radius 1 is 0.700 bits per heavy atom. The zero-order chi connectivity index (χ0) is 22.7. The van der Waals surface area contributed by atoms with Crippen LogP contribution in [0.3, 0.4) is 0 Å². The van der Waals surface area contributed by atoms with Gasteiger partial charge in [0.15, 0.2) is 0 Å². The SMILES string of the molecule is CC(=O)Oc1c(-c2ccc(F)cc2)c(C(C)C)c(OC(C)=O)c(C(C)C)c1C(C)C. The molecule has 0 atom stereocenters. The van der Waals surface area contributed by atoms with Gasteiger partial charge in [0.25, 0.3) is 0 Å². The fourth-order valence-corrected chi connectivity index (χ4v) is 3.86. The molecule has 0 aliphatic rings. The zero-order valence-corrected chi connectivity index (χ0v) is 19.1. The number of hydrogen-bond donors (Lipinski definition) is 0. The molecule has 0 aromatic heterocycles. The molecule has 0 aliphatic heterocycles. The summed E-state index contributed by atoms with van der Waals surface area (Å²) in [6.45, 7) is 14.8. The summed E-state index contributed by atoms with van der Waals surface area (Å²) < 4.78 is 25.2. The number of hydrogen-bond acceptors (Lipinski definition) is 4. The van der Waals surface area contributed by atoms with Gasteiger partial charge in [0.05, 0.1) is 0 Å². The van der Waals surface area contributed by atoms with Gasteiger partial charge in [-0.05, 0) is 35.4 Å². The Kier molecular flexibility index (Phi) is 7.40. The van der Waals surface area contributed by atoms with Gasteiger partial charge in [-0.2, -0.15) is 0 Å². The maximum Gasteiger partial charge on any atom is 0.308 e. The van der Waals surface area contributed by atoms with E-state index in [2.05, 4.69) is 0 Å². The van der Waals surface area contributed by atoms with Crippen LogP contribution in [0.5, 0.6) is 11.5 Å². The van der Waals surface area contributed by atoms with Crippen molar-refractivity contribution in [2.75, 3.05) is 0 Å². The van der Waals surface area contributed by atoms with Crippen molar-refractivity contribution >= 4 is 11.9 Å². The first-order valence-electron chi connectivity index (χ1n) is 10.3. The Balaban J connectivity index is 3.16. The summed E-state index contributed by atoms with van der Waals surface area (Å²) in [6.07, 6.45) is 0. The van der Waals surface area contributed by atoms with Crippen LogP contribution in [0.4, 0.5) is 4.39 Å². The van der Waals surface area contributed by atoms with Gasteiger partial charge in [0.1, 0.15) is 17.3 Å². The van der Waals surface area contributed by atoms with Crippen LogP contribution < -0.4 is 9.47 Å². The van der Waals surface area contributed by atoms with Crippen molar-refractivity contribution in [3.05, 3.63) is 46.8 Å². The van der Waals surface area contributed by atoms with Gasteiger partial charge < -0.3 is 9.47 Å². The number of benzene rings is 2. The molecule has 0 aliphatic carbocycles. The minimum atomic E-state index is -0.440. The van der Waals surface area contributed by atoms with Gasteiger partial charge in [-0.15, -0.1) is 0 Å². The van der Waals surface area contributed by atoms with Crippen LogP contribution >= 0.6 is 0 Å². The summed E-state index contributed by atoms with van der Waals surface area (Å²) in [7, 11) is 0. The van der Waals surface area contributed by atoms with E-state index in [9.17, 15) is 14.0 Å². The van der Waals surface area contributed by atoms with Crippen LogP contribution in [0.1, 0.15) is 89.8 Å². The van der Waals surface area contributed by atoms with Crippen LogP contribution in [-0.4, -0.2) is 11.9 Å². The van der Waals surface area contributed by atoms with E-state index in [0.717, 1.165) is 16.7 Å². The van der Waals surface area contributed by atoms with Crippen LogP contribution in [0.15, 0.2) is 24.3 Å². The van der Waals surface area contributed by atoms with E-state index >= 15 is 0 Å². The Morgan fingerprint density at radius 2 is 1.10 bits per heavy atom. The highest BCUT2D eigenvalue weighted by Crippen LogP contribution is 2.52. The second kappa shape index (κ2) is 9.41. The first-order chi connectivity index (χ1) is 14.0. The van der Waals surface area contributed by atoms with Gasteiger partial charge in [0.2, 0.25) is 0 Å². The summed E-state index contributed by atoms with van der Waals surface area (Å²) in [5.41, 5.74) is 3.79. The molecule has 0 heterocycles. The van der Waals surface area contributed by atoms with Crippen molar-refractivity contribution in [3.8, 4) is 22.6 Å². The third kappa shape index (κ3) is 4.89. The summed E-state index contributed by atoms with van der Waals surface area (Å²) in [4.78, 5) is 24.1. The second-order valence-electron chi connectivity index (χ2n) is 8.43. The van der Waals surface area contributed by atoms with Gasteiger partial charge in [0, 0.05) is 36.1 Å². The Labute approximate surface area is 178 Å². The summed E-state index contributed by atoms with van der Waals surface area (Å²) in [5.74, 6) is -0.297. The second-order valence-corrected chi connectivity index (χ2v) is 8.43. The molecule has 2 aromatic carbocycles. The minimum Gasteiger partial charge on any atom is -0.426 e. The van der Waals surface area contributed by atoms with Gasteiger partial charge in [-0.25, -0.2) is 4.39 Å². The van der Waals surface area contributed by atoms with Crippen molar-refractivity contribution in [2.45, 2.75) is 73.1 Å². The predicted octanol–water partition coefficient (Wildman–Crippen LogP) is 6.71. The van der Waals surface area contributed by atoms with E-state index in [1.807, 2.05) is 41.5 Å². The molecule has 0 spiro atoms. The van der Waals surface area contributed by atoms with Crippen molar-refractivity contribution in [1.82, 2.24) is 0 Å². The lowest BCUT2D eigenvalue weighted by atomic mass is 9.80. The highest BCUT2D eigenvalue weighted by molar-refractivity contribution is 5.86. The van der Waals surface area contributed by atoms with Crippen molar-refractivity contribution in [2.24, 2.45) is 0 Å². The molecular formula is C25H31FO4. The summed E-state index contributed by atoms with van der Waals surface area (Å²) in [5, 5.41) is 0. The monoisotopic (exact) mass is 414 g/mol. The molecule has 162 valence electrons. The largest absolute Gasteiger partial charge is 0.426 e. The molecule has 5 heteroatoms. The molecule has 0 saturated carbocycles. The van der Waals surface area contributed by atoms with Crippen molar-refractivity contribution < 1.29 is 23.5 Å². The highest BCUT2D eigenvalue weighted by Gasteiger charge is 2.32. The molecule has 4 nitrogen and oxygen atoms in total. The topological polar surface area (TPSA) is 52.6 Å². The van der Waals surface area contributed by atoms with Crippen molar-refractivity contribution in [3.63, 3.8) is 0 Å². The van der Waals surface area contributed by atoms with E-state index in [0.29, 0.717) is 22.6 Å². The number of esters is 2. The quantitative estimate of drug-likeness (QED) is 0.389. The average Bonchev–Trinajstić information content (AvgIpc) is 2.61. The lowest BCUT2D eigenvalue weighted by molar-refractivity contribution is -0.133. The third-order valence-corrected chi connectivity index (χ3v) is 4.88. The minimum absolute atomic E-state index is 0.00790. The Bertz CT molecular complexity index is 941. The molecule has 2 aromatic rings. The number of carbonyl (C=O) groups is 2. The Hall–Kier alpha value is -2.69. The molecule has 0 saturated heterocycles. The third-order valence-electron chi connectivity index (χ3n) is 4.88. The lowest BCUT2D eigenvalue weighted by Crippen LogP contribution is -2.16. The fraction of sp³-hybridized carbons (Fsp3) is 0.440. The van der Waals surface area contributed by atoms with E-state index in [4.69, 9.17) is 9.47 Å². The maximum atomic E-state index is 13.6. The molecule has 0 bridgehead atoms. The fourth-order valence-electron chi connectivity index (χ4n) is 3.86. The molecule has 0 N–H and O–H groups in total. The van der Waals surface area contributed by atoms with Gasteiger partial charge >= 0.3 is 11.9 Å². The molecule has 0 amide bonds. The standard InChI is InChI=1S/C25H31FO4/c1-13(2)20-21(14(3)4)25(30-17(8)28)23(18-9-11-19(26)12-10-18)22(15(5)6)24(20)29-16(7)27/h9-15H,1-8H3. The number of carbonyl (C=O) groups excluding carboxylic acids is 2. The van der Waals surface area contributed by atoms with Crippen LogP contribution in [0.25, 0.3) is 11.1 Å². The smallest absolute Gasteiger partial charge is 0.308 e. The van der Waals surface area contributed by atoms with E-state index in [1.54, 1.807) is 12.1 Å². The predicted molar refractivity (Wildman–Crippen MR) is 117 cm³/mol.